The van der Waals surface area contributed by atoms with Crippen molar-refractivity contribution in [1.82, 2.24) is 0 Å². The monoisotopic (exact) mass is 266 g/mol. The number of nitrogen functional groups attached to an aromatic ring is 1. The van der Waals surface area contributed by atoms with Crippen molar-refractivity contribution in [2.45, 2.75) is 13.5 Å². The topological polar surface area (TPSA) is 76.1 Å². The van der Waals surface area contributed by atoms with Crippen LogP contribution in [-0.2, 0) is 11.3 Å². The first-order valence-electron chi connectivity index (χ1n) is 6.12. The minimum atomic E-state index is -0.398. The van der Waals surface area contributed by atoms with Crippen molar-refractivity contribution in [3.05, 3.63) is 64.7 Å². The summed E-state index contributed by atoms with van der Waals surface area (Å²) in [6.07, 6.45) is 0. The van der Waals surface area contributed by atoms with Gasteiger partial charge in [-0.25, -0.2) is 4.79 Å². The molecule has 0 fully saturated rings. The normalized spacial score (nSPS) is 9.80. The molecular formula is C16H14N2O2. The maximum absolute atomic E-state index is 12.0. The molecule has 20 heavy (non-hydrogen) atoms. The number of aryl methyl sites for hydroxylation is 1. The van der Waals surface area contributed by atoms with Crippen molar-refractivity contribution in [2.75, 3.05) is 5.73 Å². The van der Waals surface area contributed by atoms with Gasteiger partial charge in [-0.1, -0.05) is 12.1 Å². The first-order valence-corrected chi connectivity index (χ1v) is 6.12. The number of benzene rings is 2. The molecule has 2 N–H and O–H groups in total. The number of rotatable bonds is 3. The second kappa shape index (κ2) is 5.89. The number of carbonyl (C=O) groups excluding carboxylic acids is 1. The minimum Gasteiger partial charge on any atom is -0.457 e. The van der Waals surface area contributed by atoms with Gasteiger partial charge in [0.25, 0.3) is 0 Å². The average Bonchev–Trinajstić information content (AvgIpc) is 2.45. The van der Waals surface area contributed by atoms with Crippen molar-refractivity contribution in [3.63, 3.8) is 0 Å². The SMILES string of the molecule is Cc1cc(N)ccc1C(=O)OCc1cccc(C#N)c1. The summed E-state index contributed by atoms with van der Waals surface area (Å²) in [6.45, 7) is 1.95. The first kappa shape index (κ1) is 13.6. The number of ether oxygens (including phenoxy) is 1. The lowest BCUT2D eigenvalue weighted by Gasteiger charge is -2.08. The highest BCUT2D eigenvalue weighted by atomic mass is 16.5. The van der Waals surface area contributed by atoms with Crippen LogP contribution >= 0.6 is 0 Å². The van der Waals surface area contributed by atoms with Crippen LogP contribution in [0.15, 0.2) is 42.5 Å². The molecule has 0 aromatic heterocycles. The maximum atomic E-state index is 12.0. The molecule has 4 heteroatoms. The second-order valence-electron chi connectivity index (χ2n) is 4.46. The number of nitrogens with zero attached hydrogens (tertiary/aromatic N) is 1. The van der Waals surface area contributed by atoms with E-state index in [0.29, 0.717) is 16.8 Å². The Balaban J connectivity index is 2.07. The van der Waals surface area contributed by atoms with Crippen molar-refractivity contribution >= 4 is 11.7 Å². The van der Waals surface area contributed by atoms with Crippen LogP contribution in [0.1, 0.15) is 27.0 Å². The minimum absolute atomic E-state index is 0.137. The van der Waals surface area contributed by atoms with E-state index in [9.17, 15) is 4.79 Å². The summed E-state index contributed by atoms with van der Waals surface area (Å²) in [7, 11) is 0. The number of esters is 1. The van der Waals surface area contributed by atoms with Crippen molar-refractivity contribution in [3.8, 4) is 6.07 Å². The maximum Gasteiger partial charge on any atom is 0.338 e. The number of anilines is 1. The number of nitriles is 1. The van der Waals surface area contributed by atoms with E-state index in [2.05, 4.69) is 0 Å². The van der Waals surface area contributed by atoms with Crippen LogP contribution in [0, 0.1) is 18.3 Å². The summed E-state index contributed by atoms with van der Waals surface area (Å²) in [6, 6.07) is 14.1. The van der Waals surface area contributed by atoms with Gasteiger partial charge in [-0.05, 0) is 48.4 Å². The predicted octanol–water partition coefficient (Wildman–Crippen LogP) is 2.81. The van der Waals surface area contributed by atoms with Gasteiger partial charge >= 0.3 is 5.97 Å². The summed E-state index contributed by atoms with van der Waals surface area (Å²) in [5, 5.41) is 8.81. The van der Waals surface area contributed by atoms with Crippen LogP contribution in [0.2, 0.25) is 0 Å². The molecule has 0 radical (unpaired) electrons. The third-order valence-corrected chi connectivity index (χ3v) is 2.90. The fourth-order valence-electron chi connectivity index (χ4n) is 1.87. The summed E-state index contributed by atoms with van der Waals surface area (Å²) < 4.78 is 5.25. The Morgan fingerprint density at radius 3 is 2.80 bits per heavy atom. The molecule has 0 aliphatic heterocycles. The van der Waals surface area contributed by atoms with Gasteiger partial charge in [-0.15, -0.1) is 0 Å². The van der Waals surface area contributed by atoms with Gasteiger partial charge in [0, 0.05) is 5.69 Å². The molecule has 0 amide bonds. The second-order valence-corrected chi connectivity index (χ2v) is 4.46. The predicted molar refractivity (Wildman–Crippen MR) is 75.9 cm³/mol. The smallest absolute Gasteiger partial charge is 0.338 e. The van der Waals surface area contributed by atoms with E-state index in [1.807, 2.05) is 19.1 Å². The van der Waals surface area contributed by atoms with E-state index in [1.165, 1.54) is 0 Å². The van der Waals surface area contributed by atoms with Crippen LogP contribution in [0.5, 0.6) is 0 Å². The first-order chi connectivity index (χ1) is 9.60. The summed E-state index contributed by atoms with van der Waals surface area (Å²) in [5.41, 5.74) is 8.85. The Kier molecular flexibility index (Phi) is 4.02. The molecule has 0 aliphatic rings. The molecule has 0 heterocycles. The molecular weight excluding hydrogens is 252 g/mol. The van der Waals surface area contributed by atoms with Crippen molar-refractivity contribution in [2.24, 2.45) is 0 Å². The molecule has 0 unspecified atom stereocenters. The molecule has 0 saturated heterocycles. The van der Waals surface area contributed by atoms with Gasteiger partial charge in [0.1, 0.15) is 6.61 Å². The molecule has 100 valence electrons. The highest BCUT2D eigenvalue weighted by molar-refractivity contribution is 5.91. The third kappa shape index (κ3) is 3.15. The van der Waals surface area contributed by atoms with E-state index in [1.54, 1.807) is 36.4 Å². The van der Waals surface area contributed by atoms with Crippen LogP contribution in [-0.4, -0.2) is 5.97 Å². The molecule has 2 aromatic rings. The number of hydrogen-bond acceptors (Lipinski definition) is 4. The van der Waals surface area contributed by atoms with E-state index < -0.39 is 5.97 Å². The van der Waals surface area contributed by atoms with Crippen LogP contribution in [0.25, 0.3) is 0 Å². The zero-order chi connectivity index (χ0) is 14.5. The van der Waals surface area contributed by atoms with Crippen molar-refractivity contribution in [1.29, 1.82) is 5.26 Å². The van der Waals surface area contributed by atoms with Gasteiger partial charge in [-0.3, -0.25) is 0 Å². The highest BCUT2D eigenvalue weighted by Crippen LogP contribution is 2.15. The highest BCUT2D eigenvalue weighted by Gasteiger charge is 2.10. The van der Waals surface area contributed by atoms with Crippen LogP contribution in [0.4, 0.5) is 5.69 Å². The van der Waals surface area contributed by atoms with Gasteiger partial charge in [0.2, 0.25) is 0 Å². The Bertz CT molecular complexity index is 687. The van der Waals surface area contributed by atoms with E-state index in [4.69, 9.17) is 15.7 Å². The average molecular weight is 266 g/mol. The molecule has 4 nitrogen and oxygen atoms in total. The largest absolute Gasteiger partial charge is 0.457 e. The van der Waals surface area contributed by atoms with E-state index >= 15 is 0 Å². The molecule has 2 rings (SSSR count). The van der Waals surface area contributed by atoms with E-state index in [-0.39, 0.29) is 6.61 Å². The summed E-state index contributed by atoms with van der Waals surface area (Å²) in [4.78, 5) is 12.0. The Hall–Kier alpha value is -2.80. The van der Waals surface area contributed by atoms with Gasteiger partial charge in [0.05, 0.1) is 17.2 Å². The quantitative estimate of drug-likeness (QED) is 0.684. The molecule has 2 aromatic carbocycles. The lowest BCUT2D eigenvalue weighted by molar-refractivity contribution is 0.0472. The standard InChI is InChI=1S/C16H14N2O2/c1-11-7-14(18)5-6-15(11)16(19)20-10-13-4-2-3-12(8-13)9-17/h2-8H,10,18H2,1H3. The summed E-state index contributed by atoms with van der Waals surface area (Å²) in [5.74, 6) is -0.398. The number of nitrogens with two attached hydrogens (primary N) is 1. The van der Waals surface area contributed by atoms with E-state index in [0.717, 1.165) is 11.1 Å². The molecule has 0 spiro atoms. The molecule has 0 aliphatic carbocycles. The fraction of sp³-hybridized carbons (Fsp3) is 0.125. The van der Waals surface area contributed by atoms with Gasteiger partial charge in [-0.2, -0.15) is 5.26 Å². The zero-order valence-corrected chi connectivity index (χ0v) is 11.1. The Labute approximate surface area is 117 Å². The summed E-state index contributed by atoms with van der Waals surface area (Å²) >= 11 is 0. The van der Waals surface area contributed by atoms with Crippen molar-refractivity contribution < 1.29 is 9.53 Å². The fourth-order valence-corrected chi connectivity index (χ4v) is 1.87. The van der Waals surface area contributed by atoms with Crippen LogP contribution < -0.4 is 5.73 Å². The molecule has 0 atom stereocenters. The van der Waals surface area contributed by atoms with Gasteiger partial charge in [0.15, 0.2) is 0 Å². The number of carbonyl (C=O) groups is 1. The third-order valence-electron chi connectivity index (χ3n) is 2.90. The Morgan fingerprint density at radius 1 is 1.30 bits per heavy atom. The number of hydrogen-bond donors (Lipinski definition) is 1. The lowest BCUT2D eigenvalue weighted by Crippen LogP contribution is -2.07. The lowest BCUT2D eigenvalue weighted by atomic mass is 10.1. The Morgan fingerprint density at radius 2 is 2.10 bits per heavy atom. The molecule has 0 saturated carbocycles. The molecule has 0 bridgehead atoms. The van der Waals surface area contributed by atoms with Crippen LogP contribution in [0.3, 0.4) is 0 Å². The van der Waals surface area contributed by atoms with Gasteiger partial charge < -0.3 is 10.5 Å². The zero-order valence-electron chi connectivity index (χ0n) is 11.1.